The molecule has 0 aromatic rings. The molecular formula is C23H44O4. The summed E-state index contributed by atoms with van der Waals surface area (Å²) in [5.41, 5.74) is 0. The Labute approximate surface area is 167 Å². The van der Waals surface area contributed by atoms with Gasteiger partial charge in [-0.1, -0.05) is 64.7 Å². The molecule has 0 aromatic carbocycles. The van der Waals surface area contributed by atoms with Crippen molar-refractivity contribution in [2.45, 2.75) is 130 Å². The standard InChI is InChI=1S/C23H44O4/c1-19(2)26-22(24)16-14-12-10-8-6-7-9-11-13-15-21(5)17-18-23(25)27-20(3)4/h19-21H,6-18H2,1-5H3. The molecule has 0 fully saturated rings. The first-order chi connectivity index (χ1) is 12.8. The van der Waals surface area contributed by atoms with Crippen molar-refractivity contribution >= 4 is 11.9 Å². The molecule has 0 N–H and O–H groups in total. The van der Waals surface area contributed by atoms with Crippen molar-refractivity contribution in [3.8, 4) is 0 Å². The minimum atomic E-state index is -0.0614. The molecule has 0 radical (unpaired) electrons. The fourth-order valence-corrected chi connectivity index (χ4v) is 3.15. The van der Waals surface area contributed by atoms with E-state index in [1.54, 1.807) is 0 Å². The number of esters is 2. The van der Waals surface area contributed by atoms with E-state index in [0.717, 1.165) is 19.3 Å². The van der Waals surface area contributed by atoms with Gasteiger partial charge in [0, 0.05) is 12.8 Å². The van der Waals surface area contributed by atoms with Crippen LogP contribution in [0.2, 0.25) is 0 Å². The van der Waals surface area contributed by atoms with E-state index in [1.807, 2.05) is 27.7 Å². The monoisotopic (exact) mass is 384 g/mol. The topological polar surface area (TPSA) is 52.6 Å². The predicted octanol–water partition coefficient (Wildman–Crippen LogP) is 6.60. The molecule has 0 aliphatic heterocycles. The molecule has 1 unspecified atom stereocenters. The highest BCUT2D eigenvalue weighted by Crippen LogP contribution is 2.17. The fraction of sp³-hybridized carbons (Fsp3) is 0.913. The van der Waals surface area contributed by atoms with Gasteiger partial charge in [0.15, 0.2) is 0 Å². The highest BCUT2D eigenvalue weighted by Gasteiger charge is 2.09. The zero-order valence-corrected chi connectivity index (χ0v) is 18.6. The summed E-state index contributed by atoms with van der Waals surface area (Å²) in [7, 11) is 0. The summed E-state index contributed by atoms with van der Waals surface area (Å²) in [5, 5.41) is 0. The molecule has 1 atom stereocenters. The molecule has 4 heteroatoms. The van der Waals surface area contributed by atoms with E-state index in [9.17, 15) is 9.59 Å². The van der Waals surface area contributed by atoms with Gasteiger partial charge in [-0.2, -0.15) is 0 Å². The van der Waals surface area contributed by atoms with Crippen molar-refractivity contribution in [2.24, 2.45) is 5.92 Å². The van der Waals surface area contributed by atoms with Crippen LogP contribution in [-0.2, 0) is 19.1 Å². The molecule has 0 spiro atoms. The van der Waals surface area contributed by atoms with Crippen LogP contribution in [0.4, 0.5) is 0 Å². The summed E-state index contributed by atoms with van der Waals surface area (Å²) < 4.78 is 10.3. The van der Waals surface area contributed by atoms with Gasteiger partial charge in [0.05, 0.1) is 12.2 Å². The van der Waals surface area contributed by atoms with Crippen molar-refractivity contribution < 1.29 is 19.1 Å². The van der Waals surface area contributed by atoms with Crippen molar-refractivity contribution in [1.29, 1.82) is 0 Å². The number of hydrogen-bond donors (Lipinski definition) is 0. The second-order valence-electron chi connectivity index (χ2n) is 8.44. The molecule has 0 aliphatic rings. The zero-order valence-electron chi connectivity index (χ0n) is 18.6. The SMILES string of the molecule is CC(CCCCCCCCCCCC(=O)OC(C)C)CCC(=O)OC(C)C. The number of hydrogen-bond acceptors (Lipinski definition) is 4. The Morgan fingerprint density at radius 3 is 1.44 bits per heavy atom. The number of carbonyl (C=O) groups is 2. The summed E-state index contributed by atoms with van der Waals surface area (Å²) in [6.45, 7) is 9.81. The maximum absolute atomic E-state index is 11.5. The van der Waals surface area contributed by atoms with Crippen LogP contribution in [0.15, 0.2) is 0 Å². The Bertz CT molecular complexity index is 377. The summed E-state index contributed by atoms with van der Waals surface area (Å²) >= 11 is 0. The van der Waals surface area contributed by atoms with Crippen molar-refractivity contribution in [3.63, 3.8) is 0 Å². The van der Waals surface area contributed by atoms with E-state index in [2.05, 4.69) is 6.92 Å². The van der Waals surface area contributed by atoms with Gasteiger partial charge < -0.3 is 9.47 Å². The quantitative estimate of drug-likeness (QED) is 0.209. The van der Waals surface area contributed by atoms with Crippen molar-refractivity contribution in [1.82, 2.24) is 0 Å². The predicted molar refractivity (Wildman–Crippen MR) is 112 cm³/mol. The van der Waals surface area contributed by atoms with Gasteiger partial charge in [0.2, 0.25) is 0 Å². The molecule has 0 saturated heterocycles. The normalized spacial score (nSPS) is 12.4. The maximum atomic E-state index is 11.5. The lowest BCUT2D eigenvalue weighted by Crippen LogP contribution is -2.12. The Hall–Kier alpha value is -1.06. The molecule has 160 valence electrons. The van der Waals surface area contributed by atoms with Crippen LogP contribution in [0.25, 0.3) is 0 Å². The van der Waals surface area contributed by atoms with E-state index in [-0.39, 0.29) is 24.1 Å². The lowest BCUT2D eigenvalue weighted by Gasteiger charge is -2.12. The summed E-state index contributed by atoms with van der Waals surface area (Å²) in [5.74, 6) is 0.483. The van der Waals surface area contributed by atoms with Crippen LogP contribution in [0.1, 0.15) is 118 Å². The van der Waals surface area contributed by atoms with E-state index in [4.69, 9.17) is 9.47 Å². The number of carbonyl (C=O) groups excluding carboxylic acids is 2. The Balaban J connectivity index is 3.33. The van der Waals surface area contributed by atoms with Crippen LogP contribution < -0.4 is 0 Å². The van der Waals surface area contributed by atoms with Gasteiger partial charge in [-0.25, -0.2) is 0 Å². The number of rotatable bonds is 17. The molecule has 27 heavy (non-hydrogen) atoms. The summed E-state index contributed by atoms with van der Waals surface area (Å²) in [4.78, 5) is 22.9. The van der Waals surface area contributed by atoms with E-state index in [1.165, 1.54) is 51.4 Å². The van der Waals surface area contributed by atoms with Crippen LogP contribution in [-0.4, -0.2) is 24.1 Å². The van der Waals surface area contributed by atoms with Gasteiger partial charge in [-0.3, -0.25) is 9.59 Å². The van der Waals surface area contributed by atoms with Crippen LogP contribution in [0.3, 0.4) is 0 Å². The third kappa shape index (κ3) is 19.5. The van der Waals surface area contributed by atoms with Gasteiger partial charge in [0.25, 0.3) is 0 Å². The largest absolute Gasteiger partial charge is 0.463 e. The second kappa shape index (κ2) is 17.1. The van der Waals surface area contributed by atoms with Gasteiger partial charge in [-0.05, 0) is 46.5 Å². The minimum absolute atomic E-state index is 0.00173. The highest BCUT2D eigenvalue weighted by molar-refractivity contribution is 5.69. The molecule has 0 amide bonds. The molecule has 4 nitrogen and oxygen atoms in total. The van der Waals surface area contributed by atoms with Crippen LogP contribution in [0, 0.1) is 5.92 Å². The Kier molecular flexibility index (Phi) is 16.4. The molecule has 0 aromatic heterocycles. The van der Waals surface area contributed by atoms with Crippen molar-refractivity contribution in [2.75, 3.05) is 0 Å². The summed E-state index contributed by atoms with van der Waals surface area (Å²) in [6, 6.07) is 0. The molecule has 0 aliphatic carbocycles. The average Bonchev–Trinajstić information content (AvgIpc) is 2.56. The Morgan fingerprint density at radius 2 is 0.963 bits per heavy atom. The highest BCUT2D eigenvalue weighted by atomic mass is 16.5. The van der Waals surface area contributed by atoms with E-state index in [0.29, 0.717) is 18.8 Å². The van der Waals surface area contributed by atoms with Crippen molar-refractivity contribution in [3.05, 3.63) is 0 Å². The lowest BCUT2D eigenvalue weighted by molar-refractivity contribution is -0.148. The summed E-state index contributed by atoms with van der Waals surface area (Å²) in [6.07, 6.45) is 14.3. The van der Waals surface area contributed by atoms with E-state index < -0.39 is 0 Å². The number of ether oxygens (including phenoxy) is 2. The minimum Gasteiger partial charge on any atom is -0.463 e. The van der Waals surface area contributed by atoms with Gasteiger partial charge in [-0.15, -0.1) is 0 Å². The van der Waals surface area contributed by atoms with Crippen LogP contribution in [0.5, 0.6) is 0 Å². The first kappa shape index (κ1) is 25.9. The second-order valence-corrected chi connectivity index (χ2v) is 8.44. The van der Waals surface area contributed by atoms with Gasteiger partial charge in [0.1, 0.15) is 0 Å². The molecule has 0 saturated carbocycles. The maximum Gasteiger partial charge on any atom is 0.306 e. The molecule has 0 rings (SSSR count). The van der Waals surface area contributed by atoms with Crippen LogP contribution >= 0.6 is 0 Å². The third-order valence-electron chi connectivity index (χ3n) is 4.65. The first-order valence-corrected chi connectivity index (χ1v) is 11.2. The third-order valence-corrected chi connectivity index (χ3v) is 4.65. The smallest absolute Gasteiger partial charge is 0.306 e. The fourth-order valence-electron chi connectivity index (χ4n) is 3.15. The van der Waals surface area contributed by atoms with E-state index >= 15 is 0 Å². The molecule has 0 bridgehead atoms. The lowest BCUT2D eigenvalue weighted by atomic mass is 9.97. The molecule has 0 heterocycles. The molecular weight excluding hydrogens is 340 g/mol. The average molecular weight is 385 g/mol. The first-order valence-electron chi connectivity index (χ1n) is 11.2. The Morgan fingerprint density at radius 1 is 0.556 bits per heavy atom. The van der Waals surface area contributed by atoms with Gasteiger partial charge >= 0.3 is 11.9 Å². The number of unbranched alkanes of at least 4 members (excludes halogenated alkanes) is 8. The zero-order chi connectivity index (χ0) is 20.5.